The summed E-state index contributed by atoms with van der Waals surface area (Å²) in [5.74, 6) is -0.289. The molecule has 1 aromatic heterocycles. The van der Waals surface area contributed by atoms with Crippen molar-refractivity contribution in [3.05, 3.63) is 94.4 Å². The molecule has 0 aliphatic heterocycles. The number of halogens is 1. The van der Waals surface area contributed by atoms with Gasteiger partial charge in [0.1, 0.15) is 17.4 Å². The minimum Gasteiger partial charge on any atom is -0.467 e. The van der Waals surface area contributed by atoms with Gasteiger partial charge in [0.2, 0.25) is 0 Å². The van der Waals surface area contributed by atoms with Crippen LogP contribution in [0.15, 0.2) is 76.9 Å². The lowest BCUT2D eigenvalue weighted by molar-refractivity contribution is -0.117. The van der Waals surface area contributed by atoms with E-state index >= 15 is 0 Å². The van der Waals surface area contributed by atoms with E-state index in [-0.39, 0.29) is 18.0 Å². The van der Waals surface area contributed by atoms with E-state index in [1.165, 1.54) is 12.3 Å². The van der Waals surface area contributed by atoms with Gasteiger partial charge in [0.05, 0.1) is 23.4 Å². The Morgan fingerprint density at radius 3 is 2.66 bits per heavy atom. The number of hydrogen-bond acceptors (Lipinski definition) is 4. The first-order valence-electron chi connectivity index (χ1n) is 8.65. The van der Waals surface area contributed by atoms with E-state index in [0.717, 1.165) is 0 Å². The average Bonchev–Trinajstić information content (AvgIpc) is 3.24. The first-order chi connectivity index (χ1) is 14.1. The number of nitrogens with one attached hydrogen (secondary N) is 2. The maximum Gasteiger partial charge on any atom is 0.262 e. The second-order valence-electron chi connectivity index (χ2n) is 5.99. The molecular weight excluding hydrogens is 390 g/mol. The Hall–Kier alpha value is -3.82. The molecule has 0 unspecified atom stereocenters. The van der Waals surface area contributed by atoms with E-state index in [2.05, 4.69) is 10.6 Å². The van der Waals surface area contributed by atoms with Gasteiger partial charge < -0.3 is 15.1 Å². The van der Waals surface area contributed by atoms with Gasteiger partial charge in [0, 0.05) is 5.69 Å². The lowest BCUT2D eigenvalue weighted by Gasteiger charge is -2.08. The Morgan fingerprint density at radius 2 is 1.93 bits per heavy atom. The summed E-state index contributed by atoms with van der Waals surface area (Å²) < 4.78 is 5.15. The molecule has 0 aliphatic rings. The number of anilines is 1. The van der Waals surface area contributed by atoms with Crippen molar-refractivity contribution in [1.29, 1.82) is 5.26 Å². The standard InChI is InChI=1S/C22H16ClN3O3/c23-20-9-2-1-8-19(20)22(28)26-17-6-3-5-15(12-17)11-16(13-24)21(27)25-14-18-7-4-10-29-18/h1-12H,14H2,(H,25,27)(H,26,28)/b16-11+. The number of carbonyl (C=O) groups is 2. The average molecular weight is 406 g/mol. The van der Waals surface area contributed by atoms with E-state index in [9.17, 15) is 14.9 Å². The van der Waals surface area contributed by atoms with Crippen molar-refractivity contribution in [2.24, 2.45) is 0 Å². The Balaban J connectivity index is 1.72. The molecule has 2 aromatic carbocycles. The SMILES string of the molecule is N#C/C(=C\c1cccc(NC(=O)c2ccccc2Cl)c1)C(=O)NCc1ccco1. The zero-order valence-electron chi connectivity index (χ0n) is 15.2. The smallest absolute Gasteiger partial charge is 0.262 e. The van der Waals surface area contributed by atoms with E-state index in [1.54, 1.807) is 60.7 Å². The first kappa shape index (κ1) is 19.9. The quantitative estimate of drug-likeness (QED) is 0.469. The van der Waals surface area contributed by atoms with Gasteiger partial charge in [0.25, 0.3) is 11.8 Å². The molecule has 0 bridgehead atoms. The molecule has 6 nitrogen and oxygen atoms in total. The minimum absolute atomic E-state index is 0.0638. The minimum atomic E-state index is -0.519. The molecule has 0 saturated heterocycles. The highest BCUT2D eigenvalue weighted by molar-refractivity contribution is 6.34. The number of benzene rings is 2. The number of hydrogen-bond donors (Lipinski definition) is 2. The number of nitrogens with zero attached hydrogens (tertiary/aromatic N) is 1. The van der Waals surface area contributed by atoms with Crippen molar-refractivity contribution >= 4 is 35.2 Å². The molecule has 2 N–H and O–H groups in total. The predicted molar refractivity (Wildman–Crippen MR) is 110 cm³/mol. The van der Waals surface area contributed by atoms with Crippen molar-refractivity contribution < 1.29 is 14.0 Å². The summed E-state index contributed by atoms with van der Waals surface area (Å²) in [4.78, 5) is 24.6. The van der Waals surface area contributed by atoms with Crippen LogP contribution in [0.4, 0.5) is 5.69 Å². The van der Waals surface area contributed by atoms with Crippen LogP contribution < -0.4 is 10.6 Å². The number of furan rings is 1. The first-order valence-corrected chi connectivity index (χ1v) is 9.03. The lowest BCUT2D eigenvalue weighted by Crippen LogP contribution is -2.23. The summed E-state index contributed by atoms with van der Waals surface area (Å²) in [5.41, 5.74) is 1.39. The summed E-state index contributed by atoms with van der Waals surface area (Å²) in [7, 11) is 0. The molecule has 3 aromatic rings. The van der Waals surface area contributed by atoms with Crippen molar-refractivity contribution in [1.82, 2.24) is 5.32 Å². The van der Waals surface area contributed by atoms with Crippen molar-refractivity contribution in [2.75, 3.05) is 5.32 Å². The predicted octanol–water partition coefficient (Wildman–Crippen LogP) is 4.41. The maximum absolute atomic E-state index is 12.4. The zero-order valence-corrected chi connectivity index (χ0v) is 15.9. The summed E-state index contributed by atoms with van der Waals surface area (Å²) in [6.45, 7) is 0.179. The topological polar surface area (TPSA) is 95.1 Å². The highest BCUT2D eigenvalue weighted by Crippen LogP contribution is 2.19. The third-order valence-electron chi connectivity index (χ3n) is 3.94. The lowest BCUT2D eigenvalue weighted by atomic mass is 10.1. The zero-order chi connectivity index (χ0) is 20.6. The normalized spacial score (nSPS) is 10.8. The van der Waals surface area contributed by atoms with Crippen molar-refractivity contribution in [3.8, 4) is 6.07 Å². The van der Waals surface area contributed by atoms with Crippen LogP contribution in [0.1, 0.15) is 21.7 Å². The third kappa shape index (κ3) is 5.34. The molecule has 7 heteroatoms. The van der Waals surface area contributed by atoms with Crippen LogP contribution in [-0.4, -0.2) is 11.8 Å². The van der Waals surface area contributed by atoms with Crippen LogP contribution in [0.2, 0.25) is 5.02 Å². The Kier molecular flexibility index (Phi) is 6.46. The molecule has 0 aliphatic carbocycles. The summed E-state index contributed by atoms with van der Waals surface area (Å²) in [6.07, 6.45) is 2.95. The van der Waals surface area contributed by atoms with Crippen LogP contribution in [0.3, 0.4) is 0 Å². The number of carbonyl (C=O) groups excluding carboxylic acids is 2. The Bertz CT molecular complexity index is 1100. The summed E-state index contributed by atoms with van der Waals surface area (Å²) in [5, 5.41) is 15.0. The second-order valence-corrected chi connectivity index (χ2v) is 6.40. The van der Waals surface area contributed by atoms with Crippen LogP contribution in [0.25, 0.3) is 6.08 Å². The third-order valence-corrected chi connectivity index (χ3v) is 4.27. The fourth-order valence-electron chi connectivity index (χ4n) is 2.54. The van der Waals surface area contributed by atoms with E-state index in [4.69, 9.17) is 16.0 Å². The van der Waals surface area contributed by atoms with Gasteiger partial charge in [-0.25, -0.2) is 0 Å². The molecule has 0 atom stereocenters. The van der Waals surface area contributed by atoms with E-state index < -0.39 is 5.91 Å². The highest BCUT2D eigenvalue weighted by atomic mass is 35.5. The molecule has 3 rings (SSSR count). The molecule has 1 heterocycles. The fraction of sp³-hybridized carbons (Fsp3) is 0.0455. The summed E-state index contributed by atoms with van der Waals surface area (Å²) in [6, 6.07) is 18.8. The van der Waals surface area contributed by atoms with Gasteiger partial charge in [-0.1, -0.05) is 35.9 Å². The molecular formula is C22H16ClN3O3. The van der Waals surface area contributed by atoms with Crippen LogP contribution in [-0.2, 0) is 11.3 Å². The summed E-state index contributed by atoms with van der Waals surface area (Å²) >= 11 is 6.05. The number of amides is 2. The number of nitriles is 1. The van der Waals surface area contributed by atoms with E-state index in [1.807, 2.05) is 6.07 Å². The van der Waals surface area contributed by atoms with Crippen LogP contribution in [0, 0.1) is 11.3 Å². The molecule has 2 amide bonds. The largest absolute Gasteiger partial charge is 0.467 e. The van der Waals surface area contributed by atoms with E-state index in [0.29, 0.717) is 27.6 Å². The molecule has 0 saturated carbocycles. The molecule has 0 radical (unpaired) electrons. The number of rotatable bonds is 6. The Labute approximate surface area is 172 Å². The van der Waals surface area contributed by atoms with Gasteiger partial charge in [0.15, 0.2) is 0 Å². The van der Waals surface area contributed by atoms with Crippen molar-refractivity contribution in [3.63, 3.8) is 0 Å². The highest BCUT2D eigenvalue weighted by Gasteiger charge is 2.11. The second kappa shape index (κ2) is 9.40. The van der Waals surface area contributed by atoms with Gasteiger partial charge >= 0.3 is 0 Å². The monoisotopic (exact) mass is 405 g/mol. The molecule has 0 spiro atoms. The van der Waals surface area contributed by atoms with Gasteiger partial charge in [-0.3, -0.25) is 9.59 Å². The molecule has 0 fully saturated rings. The van der Waals surface area contributed by atoms with Gasteiger partial charge in [-0.15, -0.1) is 0 Å². The fourth-order valence-corrected chi connectivity index (χ4v) is 2.76. The van der Waals surface area contributed by atoms with Crippen LogP contribution in [0.5, 0.6) is 0 Å². The molecule has 144 valence electrons. The molecule has 29 heavy (non-hydrogen) atoms. The van der Waals surface area contributed by atoms with Crippen molar-refractivity contribution in [2.45, 2.75) is 6.54 Å². The van der Waals surface area contributed by atoms with Gasteiger partial charge in [-0.2, -0.15) is 5.26 Å². The van der Waals surface area contributed by atoms with Gasteiger partial charge in [-0.05, 0) is 48.0 Å². The Morgan fingerprint density at radius 1 is 1.10 bits per heavy atom. The van der Waals surface area contributed by atoms with Crippen LogP contribution >= 0.6 is 11.6 Å². The maximum atomic E-state index is 12.4.